The summed E-state index contributed by atoms with van der Waals surface area (Å²) in [5.41, 5.74) is 0.933. The van der Waals surface area contributed by atoms with E-state index in [1.165, 1.54) is 18.2 Å². The van der Waals surface area contributed by atoms with Crippen molar-refractivity contribution in [3.63, 3.8) is 0 Å². The summed E-state index contributed by atoms with van der Waals surface area (Å²) in [5, 5.41) is 10.4. The maximum Gasteiger partial charge on any atom is 0.293 e. The number of carbonyl (C=O) groups is 2. The zero-order valence-corrected chi connectivity index (χ0v) is 15.6. The number of phenols is 1. The molecule has 1 fully saturated rings. The number of amides is 2. The number of benzene rings is 2. The van der Waals surface area contributed by atoms with Crippen molar-refractivity contribution in [2.45, 2.75) is 6.54 Å². The predicted molar refractivity (Wildman–Crippen MR) is 101 cm³/mol. The van der Waals surface area contributed by atoms with E-state index < -0.39 is 11.1 Å². The fraction of sp³-hybridized carbons (Fsp3) is 0.0588. The van der Waals surface area contributed by atoms with E-state index in [-0.39, 0.29) is 27.8 Å². The number of carbonyl (C=O) groups excluding carboxylic acids is 2. The second kappa shape index (κ2) is 7.30. The van der Waals surface area contributed by atoms with Crippen molar-refractivity contribution in [2.24, 2.45) is 0 Å². The van der Waals surface area contributed by atoms with Crippen LogP contribution >= 0.6 is 46.6 Å². The van der Waals surface area contributed by atoms with Gasteiger partial charge in [-0.3, -0.25) is 14.5 Å². The van der Waals surface area contributed by atoms with Crippen molar-refractivity contribution < 1.29 is 14.7 Å². The van der Waals surface area contributed by atoms with Crippen LogP contribution in [0.5, 0.6) is 5.75 Å². The van der Waals surface area contributed by atoms with Crippen LogP contribution < -0.4 is 0 Å². The summed E-state index contributed by atoms with van der Waals surface area (Å²) in [7, 11) is 0. The largest absolute Gasteiger partial charge is 0.506 e. The van der Waals surface area contributed by atoms with Gasteiger partial charge < -0.3 is 5.11 Å². The molecule has 25 heavy (non-hydrogen) atoms. The highest BCUT2D eigenvalue weighted by molar-refractivity contribution is 8.18. The molecule has 8 heteroatoms. The molecule has 1 aliphatic heterocycles. The minimum atomic E-state index is -0.467. The first-order valence-electron chi connectivity index (χ1n) is 7.03. The summed E-state index contributed by atoms with van der Waals surface area (Å²) in [6.07, 6.45) is 1.39. The molecule has 4 nitrogen and oxygen atoms in total. The second-order valence-electron chi connectivity index (χ2n) is 5.18. The third-order valence-electron chi connectivity index (χ3n) is 3.50. The summed E-state index contributed by atoms with van der Waals surface area (Å²) < 4.78 is 0. The van der Waals surface area contributed by atoms with E-state index in [9.17, 15) is 14.7 Å². The maximum atomic E-state index is 12.5. The molecular weight excluding hydrogens is 405 g/mol. The molecule has 0 radical (unpaired) electrons. The molecule has 2 aromatic rings. The topological polar surface area (TPSA) is 57.6 Å². The maximum absolute atomic E-state index is 12.5. The normalized spacial score (nSPS) is 16.1. The van der Waals surface area contributed by atoms with E-state index in [4.69, 9.17) is 34.8 Å². The fourth-order valence-corrected chi connectivity index (χ4v) is 3.80. The lowest BCUT2D eigenvalue weighted by molar-refractivity contribution is -0.123. The van der Waals surface area contributed by atoms with Crippen molar-refractivity contribution >= 4 is 63.8 Å². The third kappa shape index (κ3) is 3.80. The lowest BCUT2D eigenvalue weighted by atomic mass is 10.1. The molecule has 0 atom stereocenters. The van der Waals surface area contributed by atoms with Crippen LogP contribution in [0.3, 0.4) is 0 Å². The average Bonchev–Trinajstić information content (AvgIpc) is 2.81. The molecule has 2 amide bonds. The van der Waals surface area contributed by atoms with Crippen LogP contribution in [0.15, 0.2) is 41.3 Å². The van der Waals surface area contributed by atoms with Gasteiger partial charge in [0.2, 0.25) is 0 Å². The number of aromatic hydroxyl groups is 1. The zero-order chi connectivity index (χ0) is 18.1. The van der Waals surface area contributed by atoms with E-state index in [2.05, 4.69) is 0 Å². The Hall–Kier alpha value is -1.66. The van der Waals surface area contributed by atoms with Gasteiger partial charge in [-0.25, -0.2) is 0 Å². The molecule has 0 bridgehead atoms. The Labute approximate surface area is 163 Å². The van der Waals surface area contributed by atoms with Gasteiger partial charge in [0.1, 0.15) is 5.75 Å². The Kier molecular flexibility index (Phi) is 5.29. The smallest absolute Gasteiger partial charge is 0.293 e. The number of rotatable bonds is 3. The Morgan fingerprint density at radius 1 is 1.08 bits per heavy atom. The first-order valence-corrected chi connectivity index (χ1v) is 8.98. The molecule has 1 saturated heterocycles. The van der Waals surface area contributed by atoms with Crippen LogP contribution in [0, 0.1) is 0 Å². The average molecular weight is 415 g/mol. The number of thioether (sulfide) groups is 1. The summed E-state index contributed by atoms with van der Waals surface area (Å²) in [4.78, 5) is 26.0. The Bertz CT molecular complexity index is 914. The molecule has 0 aromatic heterocycles. The standard InChI is InChI=1S/C17H10Cl3NO3S/c18-11-5-10(15(22)13(20)7-11)6-14-16(23)21(17(24)25-14)8-9-3-1-2-4-12(9)19/h1-7,22H,8H2/b14-6-. The van der Waals surface area contributed by atoms with Gasteiger partial charge in [-0.15, -0.1) is 0 Å². The van der Waals surface area contributed by atoms with Gasteiger partial charge in [0.25, 0.3) is 11.1 Å². The minimum absolute atomic E-state index is 0.0639. The van der Waals surface area contributed by atoms with Crippen molar-refractivity contribution in [1.82, 2.24) is 4.90 Å². The van der Waals surface area contributed by atoms with Crippen LogP contribution in [0.4, 0.5) is 4.79 Å². The van der Waals surface area contributed by atoms with E-state index in [1.807, 2.05) is 0 Å². The molecule has 0 spiro atoms. The van der Waals surface area contributed by atoms with Gasteiger partial charge >= 0.3 is 0 Å². The summed E-state index contributed by atoms with van der Waals surface area (Å²) in [6.45, 7) is 0.0734. The quantitative estimate of drug-likeness (QED) is 0.665. The molecule has 0 unspecified atom stereocenters. The summed E-state index contributed by atoms with van der Waals surface area (Å²) in [6, 6.07) is 9.84. The van der Waals surface area contributed by atoms with Gasteiger partial charge in [0, 0.05) is 15.6 Å². The van der Waals surface area contributed by atoms with Crippen LogP contribution in [-0.4, -0.2) is 21.2 Å². The lowest BCUT2D eigenvalue weighted by Crippen LogP contribution is -2.27. The highest BCUT2D eigenvalue weighted by Gasteiger charge is 2.35. The number of hydrogen-bond acceptors (Lipinski definition) is 4. The van der Waals surface area contributed by atoms with E-state index in [0.717, 1.165) is 16.7 Å². The molecular formula is C17H10Cl3NO3S. The summed E-state index contributed by atoms with van der Waals surface area (Å²) >= 11 is 18.7. The molecule has 1 N–H and O–H groups in total. The predicted octanol–water partition coefficient (Wildman–Crippen LogP) is 5.59. The Morgan fingerprint density at radius 2 is 1.80 bits per heavy atom. The number of hydrogen-bond donors (Lipinski definition) is 1. The molecule has 2 aromatic carbocycles. The van der Waals surface area contributed by atoms with Crippen LogP contribution in [0.25, 0.3) is 6.08 Å². The Morgan fingerprint density at radius 3 is 2.52 bits per heavy atom. The highest BCUT2D eigenvalue weighted by Crippen LogP contribution is 2.38. The number of phenolic OH excluding ortho intramolecular Hbond substituents is 1. The second-order valence-corrected chi connectivity index (χ2v) is 7.43. The van der Waals surface area contributed by atoms with Gasteiger partial charge in [0.05, 0.1) is 16.5 Å². The molecule has 128 valence electrons. The fourth-order valence-electron chi connectivity index (χ4n) is 2.27. The van der Waals surface area contributed by atoms with Gasteiger partial charge in [-0.2, -0.15) is 0 Å². The van der Waals surface area contributed by atoms with Crippen molar-refractivity contribution in [2.75, 3.05) is 0 Å². The Balaban J connectivity index is 1.90. The number of nitrogens with zero attached hydrogens (tertiary/aromatic N) is 1. The van der Waals surface area contributed by atoms with Gasteiger partial charge in [0.15, 0.2) is 0 Å². The molecule has 3 rings (SSSR count). The van der Waals surface area contributed by atoms with Crippen molar-refractivity contribution in [3.05, 3.63) is 67.5 Å². The first-order chi connectivity index (χ1) is 11.9. The van der Waals surface area contributed by atoms with E-state index in [0.29, 0.717) is 15.6 Å². The molecule has 1 aliphatic rings. The highest BCUT2D eigenvalue weighted by atomic mass is 35.5. The molecule has 0 aliphatic carbocycles. The van der Waals surface area contributed by atoms with E-state index in [1.54, 1.807) is 24.3 Å². The van der Waals surface area contributed by atoms with Crippen molar-refractivity contribution in [3.8, 4) is 5.75 Å². The van der Waals surface area contributed by atoms with Gasteiger partial charge in [-0.05, 0) is 41.6 Å². The summed E-state index contributed by atoms with van der Waals surface area (Å²) in [5.74, 6) is -0.672. The number of halogens is 3. The number of imide groups is 1. The van der Waals surface area contributed by atoms with Crippen LogP contribution in [-0.2, 0) is 11.3 Å². The monoisotopic (exact) mass is 413 g/mol. The van der Waals surface area contributed by atoms with Gasteiger partial charge in [-0.1, -0.05) is 53.0 Å². The van der Waals surface area contributed by atoms with Crippen LogP contribution in [0.2, 0.25) is 15.1 Å². The minimum Gasteiger partial charge on any atom is -0.506 e. The zero-order valence-electron chi connectivity index (χ0n) is 12.5. The van der Waals surface area contributed by atoms with E-state index >= 15 is 0 Å². The molecule has 1 heterocycles. The molecule has 0 saturated carbocycles. The van der Waals surface area contributed by atoms with Crippen LogP contribution in [0.1, 0.15) is 11.1 Å². The third-order valence-corrected chi connectivity index (χ3v) is 5.29. The SMILES string of the molecule is O=C1S/C(=C\c2cc(Cl)cc(Cl)c2O)C(=O)N1Cc1ccccc1Cl. The first kappa shape index (κ1) is 18.1. The lowest BCUT2D eigenvalue weighted by Gasteiger charge is -2.13. The van der Waals surface area contributed by atoms with Crippen molar-refractivity contribution in [1.29, 1.82) is 0 Å².